The van der Waals surface area contributed by atoms with E-state index < -0.39 is 0 Å². The molecule has 0 bridgehead atoms. The zero-order valence-electron chi connectivity index (χ0n) is 9.44. The van der Waals surface area contributed by atoms with Crippen LogP contribution >= 0.6 is 0 Å². The van der Waals surface area contributed by atoms with Crippen molar-refractivity contribution in [1.29, 1.82) is 0 Å². The SMILES string of the molecule is C[S+](C)CCCCCC[S+](C)C.[Br-]. The summed E-state index contributed by atoms with van der Waals surface area (Å²) in [5.41, 5.74) is 0. The first kappa shape index (κ1) is 16.6. The van der Waals surface area contributed by atoms with E-state index in [4.69, 9.17) is 0 Å². The van der Waals surface area contributed by atoms with Crippen LogP contribution in [0.4, 0.5) is 0 Å². The van der Waals surface area contributed by atoms with Crippen molar-refractivity contribution in [3.63, 3.8) is 0 Å². The standard InChI is InChI=1S/C10H24S2.BrH/c1-11(2)9-7-5-6-8-10-12(3)4;/h5-10H2,1-4H3;1H/q+2;/p-1. The molecule has 0 spiro atoms. The largest absolute Gasteiger partial charge is 1.00 e. The van der Waals surface area contributed by atoms with Crippen molar-refractivity contribution < 1.29 is 17.0 Å². The van der Waals surface area contributed by atoms with Crippen molar-refractivity contribution in [3.05, 3.63) is 0 Å². The molecule has 0 atom stereocenters. The maximum atomic E-state index is 2.34. The van der Waals surface area contributed by atoms with Gasteiger partial charge in [-0.3, -0.25) is 0 Å². The third-order valence-electron chi connectivity index (χ3n) is 1.86. The minimum Gasteiger partial charge on any atom is -1.00 e. The summed E-state index contributed by atoms with van der Waals surface area (Å²) >= 11 is 0. The first-order chi connectivity index (χ1) is 5.63. The molecule has 0 unspecified atom stereocenters. The van der Waals surface area contributed by atoms with E-state index in [1.54, 1.807) is 0 Å². The fourth-order valence-corrected chi connectivity index (χ4v) is 2.70. The molecule has 0 aromatic heterocycles. The Bertz CT molecular complexity index is 82.9. The Morgan fingerprint density at radius 2 is 0.923 bits per heavy atom. The lowest BCUT2D eigenvalue weighted by atomic mass is 10.2. The van der Waals surface area contributed by atoms with E-state index in [1.165, 1.54) is 37.2 Å². The minimum atomic E-state index is 0. The van der Waals surface area contributed by atoms with Gasteiger partial charge in [-0.1, -0.05) is 0 Å². The molecular weight excluding hydrogens is 264 g/mol. The van der Waals surface area contributed by atoms with Gasteiger partial charge < -0.3 is 17.0 Å². The molecule has 0 aliphatic carbocycles. The van der Waals surface area contributed by atoms with Crippen LogP contribution < -0.4 is 17.0 Å². The zero-order valence-corrected chi connectivity index (χ0v) is 12.7. The van der Waals surface area contributed by atoms with Crippen LogP contribution in [-0.2, 0) is 21.8 Å². The Hall–Kier alpha value is 1.18. The first-order valence-electron chi connectivity index (χ1n) is 4.71. The van der Waals surface area contributed by atoms with Crippen molar-refractivity contribution in [2.24, 2.45) is 0 Å². The molecular formula is C10H24BrS2+. The van der Waals surface area contributed by atoms with Gasteiger partial charge in [0.25, 0.3) is 0 Å². The van der Waals surface area contributed by atoms with Gasteiger partial charge in [0.1, 0.15) is 11.5 Å². The molecule has 0 saturated heterocycles. The second kappa shape index (κ2) is 11.3. The molecule has 0 N–H and O–H groups in total. The molecule has 0 fully saturated rings. The molecule has 3 heteroatoms. The highest BCUT2D eigenvalue weighted by molar-refractivity contribution is 7.95. The number of hydrogen-bond donors (Lipinski definition) is 0. The third-order valence-corrected chi connectivity index (χ3v) is 4.07. The van der Waals surface area contributed by atoms with Crippen molar-refractivity contribution in [1.82, 2.24) is 0 Å². The topological polar surface area (TPSA) is 0 Å². The second-order valence-corrected chi connectivity index (χ2v) is 8.55. The molecule has 0 aromatic rings. The van der Waals surface area contributed by atoms with Crippen LogP contribution in [0.1, 0.15) is 25.7 Å². The molecule has 0 amide bonds. The van der Waals surface area contributed by atoms with E-state index in [2.05, 4.69) is 25.0 Å². The lowest BCUT2D eigenvalue weighted by molar-refractivity contribution is -0.00000288. The average molecular weight is 288 g/mol. The Balaban J connectivity index is 0. The van der Waals surface area contributed by atoms with Gasteiger partial charge in [-0.25, -0.2) is 0 Å². The second-order valence-electron chi connectivity index (χ2n) is 3.79. The summed E-state index contributed by atoms with van der Waals surface area (Å²) in [6.45, 7) is 0. The molecule has 0 rings (SSSR count). The Morgan fingerprint density at radius 3 is 1.15 bits per heavy atom. The van der Waals surface area contributed by atoms with Crippen molar-refractivity contribution >= 4 is 21.8 Å². The van der Waals surface area contributed by atoms with Crippen LogP contribution in [-0.4, -0.2) is 36.5 Å². The molecule has 0 saturated carbocycles. The average Bonchev–Trinajstić information content (AvgIpc) is 1.95. The molecule has 0 aliphatic heterocycles. The van der Waals surface area contributed by atoms with Crippen LogP contribution in [0.5, 0.6) is 0 Å². The fourth-order valence-electron chi connectivity index (χ4n) is 1.14. The van der Waals surface area contributed by atoms with E-state index in [0.29, 0.717) is 21.8 Å². The fraction of sp³-hybridized carbons (Fsp3) is 1.00. The highest BCUT2D eigenvalue weighted by Gasteiger charge is 2.03. The molecule has 0 aromatic carbocycles. The van der Waals surface area contributed by atoms with E-state index in [9.17, 15) is 0 Å². The zero-order chi connectivity index (χ0) is 9.40. The molecule has 13 heavy (non-hydrogen) atoms. The summed E-state index contributed by atoms with van der Waals surface area (Å²) in [5.74, 6) is 2.90. The van der Waals surface area contributed by atoms with Crippen molar-refractivity contribution in [2.75, 3.05) is 36.5 Å². The summed E-state index contributed by atoms with van der Waals surface area (Å²) in [7, 11) is 1.34. The van der Waals surface area contributed by atoms with Crippen LogP contribution in [0.2, 0.25) is 0 Å². The summed E-state index contributed by atoms with van der Waals surface area (Å²) in [4.78, 5) is 0. The summed E-state index contributed by atoms with van der Waals surface area (Å²) < 4.78 is 0. The van der Waals surface area contributed by atoms with Gasteiger partial charge >= 0.3 is 0 Å². The van der Waals surface area contributed by atoms with Gasteiger partial charge in [0.15, 0.2) is 0 Å². The highest BCUT2D eigenvalue weighted by Crippen LogP contribution is 2.03. The molecule has 0 radical (unpaired) electrons. The predicted octanol–water partition coefficient (Wildman–Crippen LogP) is -0.693. The summed E-state index contributed by atoms with van der Waals surface area (Å²) in [6, 6.07) is 0. The summed E-state index contributed by atoms with van der Waals surface area (Å²) in [5, 5.41) is 0. The molecule has 0 nitrogen and oxygen atoms in total. The summed E-state index contributed by atoms with van der Waals surface area (Å²) in [6.07, 6.45) is 15.2. The van der Waals surface area contributed by atoms with E-state index >= 15 is 0 Å². The maximum absolute atomic E-state index is 2.34. The van der Waals surface area contributed by atoms with Crippen molar-refractivity contribution in [3.8, 4) is 0 Å². The van der Waals surface area contributed by atoms with E-state index in [1.807, 2.05) is 0 Å². The third kappa shape index (κ3) is 15.9. The smallest absolute Gasteiger partial charge is 0.107 e. The monoisotopic (exact) mass is 287 g/mol. The molecule has 0 aliphatic rings. The van der Waals surface area contributed by atoms with Gasteiger partial charge in [0, 0.05) is 0 Å². The highest BCUT2D eigenvalue weighted by atomic mass is 79.9. The lowest BCUT2D eigenvalue weighted by Crippen LogP contribution is -3.00. The predicted molar refractivity (Wildman–Crippen MR) is 66.6 cm³/mol. The normalized spacial score (nSPS) is 10.6. The minimum absolute atomic E-state index is 0. The van der Waals surface area contributed by atoms with E-state index in [-0.39, 0.29) is 17.0 Å². The van der Waals surface area contributed by atoms with Gasteiger partial charge in [0.05, 0.1) is 25.0 Å². The Morgan fingerprint density at radius 1 is 0.615 bits per heavy atom. The molecule has 82 valence electrons. The lowest BCUT2D eigenvalue weighted by Gasteiger charge is -1.98. The quantitative estimate of drug-likeness (QED) is 0.430. The van der Waals surface area contributed by atoms with Crippen LogP contribution in [0.15, 0.2) is 0 Å². The number of unbranched alkanes of at least 4 members (excludes halogenated alkanes) is 3. The van der Waals surface area contributed by atoms with Crippen LogP contribution in [0.3, 0.4) is 0 Å². The van der Waals surface area contributed by atoms with E-state index in [0.717, 1.165) is 0 Å². The maximum Gasteiger partial charge on any atom is 0.107 e. The Kier molecular flexibility index (Phi) is 14.4. The van der Waals surface area contributed by atoms with Gasteiger partial charge in [-0.05, 0) is 47.5 Å². The van der Waals surface area contributed by atoms with Crippen molar-refractivity contribution in [2.45, 2.75) is 25.7 Å². The molecule has 0 heterocycles. The number of rotatable bonds is 7. The Labute approximate surface area is 101 Å². The van der Waals surface area contributed by atoms with Gasteiger partial charge in [-0.2, -0.15) is 0 Å². The van der Waals surface area contributed by atoms with Gasteiger partial charge in [0.2, 0.25) is 0 Å². The van der Waals surface area contributed by atoms with Crippen LogP contribution in [0, 0.1) is 0 Å². The van der Waals surface area contributed by atoms with Gasteiger partial charge in [-0.15, -0.1) is 0 Å². The number of halogens is 1. The van der Waals surface area contributed by atoms with Crippen LogP contribution in [0.25, 0.3) is 0 Å². The number of hydrogen-bond acceptors (Lipinski definition) is 0. The first-order valence-corrected chi connectivity index (χ1v) is 9.13.